The molecule has 1 fully saturated rings. The Morgan fingerprint density at radius 2 is 2.08 bits per heavy atom. The van der Waals surface area contributed by atoms with Gasteiger partial charge in [0.2, 0.25) is 15.9 Å². The average Bonchev–Trinajstić information content (AvgIpc) is 2.55. The molecule has 1 N–H and O–H groups in total. The van der Waals surface area contributed by atoms with Crippen molar-refractivity contribution < 1.29 is 13.2 Å². The fourth-order valence-electron chi connectivity index (χ4n) is 2.92. The molecule has 1 heterocycles. The molecule has 1 aliphatic rings. The zero-order valence-electron chi connectivity index (χ0n) is 15.0. The van der Waals surface area contributed by atoms with Gasteiger partial charge in [-0.05, 0) is 44.5 Å². The van der Waals surface area contributed by atoms with Gasteiger partial charge < -0.3 is 10.2 Å². The maximum atomic E-state index is 12.3. The van der Waals surface area contributed by atoms with E-state index in [9.17, 15) is 13.2 Å². The second-order valence-corrected chi connectivity index (χ2v) is 9.17. The summed E-state index contributed by atoms with van der Waals surface area (Å²) in [5.74, 6) is -0.168. The highest BCUT2D eigenvalue weighted by Crippen LogP contribution is 2.26. The Balaban J connectivity index is 2.02. The van der Waals surface area contributed by atoms with Crippen molar-refractivity contribution in [3.05, 3.63) is 23.2 Å². The van der Waals surface area contributed by atoms with Crippen molar-refractivity contribution in [3.63, 3.8) is 0 Å². The van der Waals surface area contributed by atoms with Crippen LogP contribution in [0.5, 0.6) is 0 Å². The Kier molecular flexibility index (Phi) is 6.85. The molecule has 0 bridgehead atoms. The number of piperidine rings is 1. The maximum absolute atomic E-state index is 12.3. The van der Waals surface area contributed by atoms with Gasteiger partial charge in [-0.3, -0.25) is 4.79 Å². The minimum Gasteiger partial charge on any atom is -0.325 e. The summed E-state index contributed by atoms with van der Waals surface area (Å²) in [6, 6.07) is 4.82. The van der Waals surface area contributed by atoms with Gasteiger partial charge in [-0.2, -0.15) is 0 Å². The molecule has 1 aromatic rings. The van der Waals surface area contributed by atoms with E-state index in [4.69, 9.17) is 11.6 Å². The third kappa shape index (κ3) is 5.17. The van der Waals surface area contributed by atoms with E-state index in [0.29, 0.717) is 29.7 Å². The molecule has 1 saturated heterocycles. The molecule has 0 saturated carbocycles. The molecular formula is C17H26ClN3O3S. The molecule has 1 amide bonds. The second-order valence-electron chi connectivity index (χ2n) is 6.61. The first-order chi connectivity index (χ1) is 11.7. The molecule has 2 rings (SSSR count). The number of likely N-dealkylation sites (tertiary alicyclic amines) is 1. The van der Waals surface area contributed by atoms with Crippen molar-refractivity contribution in [3.8, 4) is 0 Å². The van der Waals surface area contributed by atoms with E-state index >= 15 is 0 Å². The summed E-state index contributed by atoms with van der Waals surface area (Å²) in [6.07, 6.45) is 3.93. The largest absolute Gasteiger partial charge is 0.325 e. The van der Waals surface area contributed by atoms with Crippen LogP contribution < -0.4 is 5.32 Å². The molecule has 1 atom stereocenters. The predicted octanol–water partition coefficient (Wildman–Crippen LogP) is 2.79. The van der Waals surface area contributed by atoms with Crippen molar-refractivity contribution in [2.45, 2.75) is 43.5 Å². The van der Waals surface area contributed by atoms with Gasteiger partial charge in [0.05, 0.1) is 15.6 Å². The number of hydrogen-bond acceptors (Lipinski definition) is 4. The van der Waals surface area contributed by atoms with Crippen LogP contribution in [0.3, 0.4) is 0 Å². The first kappa shape index (κ1) is 20.2. The lowest BCUT2D eigenvalue weighted by atomic mass is 10.0. The third-order valence-corrected chi connectivity index (χ3v) is 6.70. The third-order valence-electron chi connectivity index (χ3n) is 4.56. The molecule has 1 aliphatic heterocycles. The number of sulfonamides is 1. The Bertz CT molecular complexity index is 722. The van der Waals surface area contributed by atoms with Crippen molar-refractivity contribution >= 4 is 33.2 Å². The molecule has 8 heteroatoms. The zero-order valence-corrected chi connectivity index (χ0v) is 16.5. The quantitative estimate of drug-likeness (QED) is 0.814. The normalized spacial score (nSPS) is 19.2. The lowest BCUT2D eigenvalue weighted by Crippen LogP contribution is -2.39. The monoisotopic (exact) mass is 387 g/mol. The summed E-state index contributed by atoms with van der Waals surface area (Å²) in [4.78, 5) is 14.7. The lowest BCUT2D eigenvalue weighted by Gasteiger charge is -2.33. The first-order valence-electron chi connectivity index (χ1n) is 8.48. The smallest absolute Gasteiger partial charge is 0.242 e. The number of carbonyl (C=O) groups is 1. The maximum Gasteiger partial charge on any atom is 0.242 e. The Morgan fingerprint density at radius 3 is 2.72 bits per heavy atom. The summed E-state index contributed by atoms with van der Waals surface area (Å²) in [5.41, 5.74) is 0.321. The highest BCUT2D eigenvalue weighted by atomic mass is 35.5. The minimum atomic E-state index is -3.57. The van der Waals surface area contributed by atoms with Crippen LogP contribution in [0.4, 0.5) is 5.69 Å². The minimum absolute atomic E-state index is 0.0989. The highest BCUT2D eigenvalue weighted by Gasteiger charge is 2.21. The van der Waals surface area contributed by atoms with Gasteiger partial charge in [0.1, 0.15) is 0 Å². The van der Waals surface area contributed by atoms with Crippen LogP contribution in [0.15, 0.2) is 23.1 Å². The van der Waals surface area contributed by atoms with Crippen LogP contribution in [0.2, 0.25) is 5.02 Å². The summed E-state index contributed by atoms with van der Waals surface area (Å²) in [7, 11) is -0.653. The number of hydrogen-bond donors (Lipinski definition) is 1. The van der Waals surface area contributed by atoms with Crippen molar-refractivity contribution in [2.75, 3.05) is 32.5 Å². The number of halogens is 1. The number of nitrogens with one attached hydrogen (secondary N) is 1. The molecule has 0 aromatic heterocycles. The van der Waals surface area contributed by atoms with E-state index in [0.717, 1.165) is 17.3 Å². The number of amides is 1. The average molecular weight is 388 g/mol. The van der Waals surface area contributed by atoms with Crippen LogP contribution in [0.25, 0.3) is 0 Å². The van der Waals surface area contributed by atoms with Gasteiger partial charge >= 0.3 is 0 Å². The summed E-state index contributed by atoms with van der Waals surface area (Å²) < 4.78 is 25.6. The van der Waals surface area contributed by atoms with E-state index in [1.807, 2.05) is 0 Å². The SMILES string of the molecule is CC1CCCCN1CCC(=O)Nc1cc(S(=O)(=O)N(C)C)ccc1Cl. The Labute approximate surface area is 155 Å². The number of benzene rings is 1. The van der Waals surface area contributed by atoms with Crippen molar-refractivity contribution in [2.24, 2.45) is 0 Å². The molecule has 0 aliphatic carbocycles. The Hall–Kier alpha value is -1.15. The summed E-state index contributed by atoms with van der Waals surface area (Å²) in [6.45, 7) is 3.90. The molecule has 0 radical (unpaired) electrons. The van der Waals surface area contributed by atoms with Crippen LogP contribution in [0.1, 0.15) is 32.6 Å². The summed E-state index contributed by atoms with van der Waals surface area (Å²) >= 11 is 6.11. The molecular weight excluding hydrogens is 362 g/mol. The van der Waals surface area contributed by atoms with Crippen LogP contribution in [-0.4, -0.2) is 56.8 Å². The first-order valence-corrected chi connectivity index (χ1v) is 10.3. The molecule has 6 nitrogen and oxygen atoms in total. The molecule has 1 aromatic carbocycles. The van der Waals surface area contributed by atoms with Gasteiger partial charge in [0, 0.05) is 33.1 Å². The highest BCUT2D eigenvalue weighted by molar-refractivity contribution is 7.89. The Morgan fingerprint density at radius 1 is 1.36 bits per heavy atom. The van der Waals surface area contributed by atoms with Gasteiger partial charge in [0.15, 0.2) is 0 Å². The van der Waals surface area contributed by atoms with Gasteiger partial charge in [-0.25, -0.2) is 12.7 Å². The van der Waals surface area contributed by atoms with Crippen LogP contribution >= 0.6 is 11.6 Å². The topological polar surface area (TPSA) is 69.7 Å². The van der Waals surface area contributed by atoms with Gasteiger partial charge in [0.25, 0.3) is 0 Å². The lowest BCUT2D eigenvalue weighted by molar-refractivity contribution is -0.116. The molecule has 25 heavy (non-hydrogen) atoms. The van der Waals surface area contributed by atoms with Crippen LogP contribution in [-0.2, 0) is 14.8 Å². The van der Waals surface area contributed by atoms with E-state index in [2.05, 4.69) is 17.1 Å². The van der Waals surface area contributed by atoms with Crippen molar-refractivity contribution in [1.29, 1.82) is 0 Å². The van der Waals surface area contributed by atoms with Gasteiger partial charge in [-0.1, -0.05) is 18.0 Å². The fraction of sp³-hybridized carbons (Fsp3) is 0.588. The predicted molar refractivity (Wildman–Crippen MR) is 100 cm³/mol. The van der Waals surface area contributed by atoms with E-state index in [1.54, 1.807) is 0 Å². The molecule has 1 unspecified atom stereocenters. The second kappa shape index (κ2) is 8.49. The van der Waals surface area contributed by atoms with E-state index < -0.39 is 10.0 Å². The number of nitrogens with zero attached hydrogens (tertiary/aromatic N) is 2. The standard InChI is InChI=1S/C17H26ClN3O3S/c1-13-6-4-5-10-21(13)11-9-17(22)19-16-12-14(7-8-15(16)18)25(23,24)20(2)3/h7-8,12-13H,4-6,9-11H2,1-3H3,(H,19,22). The number of anilines is 1. The zero-order chi connectivity index (χ0) is 18.6. The number of carbonyl (C=O) groups excluding carboxylic acids is 1. The van der Waals surface area contributed by atoms with Gasteiger partial charge in [-0.15, -0.1) is 0 Å². The van der Waals surface area contributed by atoms with Crippen molar-refractivity contribution in [1.82, 2.24) is 9.21 Å². The summed E-state index contributed by atoms with van der Waals surface area (Å²) in [5, 5.41) is 3.05. The molecule has 0 spiro atoms. The van der Waals surface area contributed by atoms with E-state index in [1.165, 1.54) is 45.1 Å². The number of rotatable bonds is 6. The molecule has 140 valence electrons. The van der Waals surface area contributed by atoms with Crippen LogP contribution in [0, 0.1) is 0 Å². The van der Waals surface area contributed by atoms with E-state index in [-0.39, 0.29) is 10.8 Å². The fourth-order valence-corrected chi connectivity index (χ4v) is 4.01.